The molecule has 1 aromatic rings. The lowest BCUT2D eigenvalue weighted by Crippen LogP contribution is -2.71. The van der Waals surface area contributed by atoms with Gasteiger partial charge in [0.05, 0.1) is 33.1 Å². The van der Waals surface area contributed by atoms with Gasteiger partial charge in [0.2, 0.25) is 9.70 Å². The number of methoxy groups -OCH3 is 2. The number of nitrogens with zero attached hydrogens (tertiary/aromatic N) is 1. The highest BCUT2D eigenvalue weighted by atomic mass is 35.6. The van der Waals surface area contributed by atoms with Crippen molar-refractivity contribution in [2.45, 2.75) is 22.4 Å². The molecule has 2 atom stereocenters. The second-order valence-corrected chi connectivity index (χ2v) is 10.7. The van der Waals surface area contributed by atoms with Gasteiger partial charge < -0.3 is 24.4 Å². The van der Waals surface area contributed by atoms with Crippen molar-refractivity contribution >= 4 is 56.9 Å². The van der Waals surface area contributed by atoms with Crippen LogP contribution in [0.5, 0.6) is 11.5 Å². The monoisotopic (exact) mass is 518 g/mol. The van der Waals surface area contributed by atoms with E-state index in [0.29, 0.717) is 17.1 Å². The van der Waals surface area contributed by atoms with Crippen molar-refractivity contribution in [3.8, 4) is 11.5 Å². The van der Waals surface area contributed by atoms with Crippen LogP contribution in [-0.2, 0) is 30.4 Å². The maximum Gasteiger partial charge on any atom is 0.408 e. The maximum atomic E-state index is 12.7. The Morgan fingerprint density at radius 1 is 1.23 bits per heavy atom. The number of alkyl halides is 3. The lowest BCUT2D eigenvalue weighted by Gasteiger charge is -2.46. The van der Waals surface area contributed by atoms with Crippen LogP contribution in [0.2, 0.25) is 0 Å². The lowest BCUT2D eigenvalue weighted by molar-refractivity contribution is -0.153. The molecule has 0 aromatic heterocycles. The van der Waals surface area contributed by atoms with Gasteiger partial charge in [-0.05, 0) is 12.1 Å². The summed E-state index contributed by atoms with van der Waals surface area (Å²) in [6, 6.07) is 3.15. The molecular formula is C17H21Cl3N2O8S. The van der Waals surface area contributed by atoms with Gasteiger partial charge in [-0.25, -0.2) is 4.79 Å². The van der Waals surface area contributed by atoms with Gasteiger partial charge in [-0.1, -0.05) is 34.8 Å². The number of ether oxygens (including phenoxy) is 3. The minimum atomic E-state index is -3.79. The standard InChI is InChI=1S/C17H21Cl3N2O8S/c1-27-11-5-4-10(13(6-11)28-2)7-22-12(8-30-31(3,25)26)14(15(22)23)21-16(24)29-9-17(18,19)20/h4-6,12,14H,7-9H2,1-3H3,(H,21,24)/t12-,14+/m0/s1. The molecule has 2 rings (SSSR count). The first-order valence-corrected chi connectivity index (χ1v) is 11.7. The molecule has 2 amide bonds. The van der Waals surface area contributed by atoms with E-state index in [2.05, 4.69) is 5.32 Å². The summed E-state index contributed by atoms with van der Waals surface area (Å²) >= 11 is 16.6. The molecule has 1 N–H and O–H groups in total. The third-order valence-corrected chi connectivity index (χ3v) is 5.15. The van der Waals surface area contributed by atoms with Crippen LogP contribution in [0.3, 0.4) is 0 Å². The normalized spacial score (nSPS) is 18.9. The molecule has 1 aliphatic heterocycles. The summed E-state index contributed by atoms with van der Waals surface area (Å²) in [7, 11) is -0.820. The van der Waals surface area contributed by atoms with Crippen molar-refractivity contribution in [1.29, 1.82) is 0 Å². The van der Waals surface area contributed by atoms with Crippen molar-refractivity contribution < 1.29 is 36.4 Å². The zero-order valence-electron chi connectivity index (χ0n) is 16.8. The summed E-state index contributed by atoms with van der Waals surface area (Å²) in [5.41, 5.74) is 0.637. The molecule has 0 spiro atoms. The SMILES string of the molecule is COc1ccc(CN2C(=O)[C@H](NC(=O)OCC(Cl)(Cl)Cl)[C@@H]2COS(C)(=O)=O)c(OC)c1. The summed E-state index contributed by atoms with van der Waals surface area (Å²) in [5, 5.41) is 2.33. The molecule has 10 nitrogen and oxygen atoms in total. The first-order chi connectivity index (χ1) is 14.3. The topological polar surface area (TPSA) is 120 Å². The number of benzene rings is 1. The van der Waals surface area contributed by atoms with Crippen molar-refractivity contribution in [2.75, 3.05) is 33.7 Å². The van der Waals surface area contributed by atoms with Crippen LogP contribution in [0.4, 0.5) is 4.79 Å². The molecule has 1 heterocycles. The Labute approximate surface area is 194 Å². The van der Waals surface area contributed by atoms with E-state index in [1.54, 1.807) is 18.2 Å². The number of β-lactam (4-membered cyclic amide) rings is 1. The maximum absolute atomic E-state index is 12.7. The van der Waals surface area contributed by atoms with Crippen LogP contribution in [-0.4, -0.2) is 74.9 Å². The fraction of sp³-hybridized carbons (Fsp3) is 0.529. The number of alkyl carbamates (subject to hydrolysis) is 1. The number of halogens is 3. The number of rotatable bonds is 9. The first-order valence-electron chi connectivity index (χ1n) is 8.70. The number of hydrogen-bond donors (Lipinski definition) is 1. The van der Waals surface area contributed by atoms with Crippen molar-refractivity contribution in [3.63, 3.8) is 0 Å². The van der Waals surface area contributed by atoms with Gasteiger partial charge in [-0.3, -0.25) is 8.98 Å². The van der Waals surface area contributed by atoms with Gasteiger partial charge in [0.15, 0.2) is 0 Å². The van der Waals surface area contributed by atoms with E-state index >= 15 is 0 Å². The van der Waals surface area contributed by atoms with E-state index < -0.39 is 44.6 Å². The average Bonchev–Trinajstić information content (AvgIpc) is 2.68. The Kier molecular flexibility index (Phi) is 8.51. The van der Waals surface area contributed by atoms with Gasteiger partial charge in [0, 0.05) is 18.2 Å². The van der Waals surface area contributed by atoms with Crippen LogP contribution in [0.15, 0.2) is 18.2 Å². The van der Waals surface area contributed by atoms with Crippen LogP contribution in [0.1, 0.15) is 5.56 Å². The first kappa shape index (κ1) is 25.6. The Hall–Kier alpha value is -1.66. The van der Waals surface area contributed by atoms with E-state index in [9.17, 15) is 18.0 Å². The highest BCUT2D eigenvalue weighted by Crippen LogP contribution is 2.30. The number of hydrogen-bond acceptors (Lipinski definition) is 8. The van der Waals surface area contributed by atoms with Gasteiger partial charge in [0.1, 0.15) is 24.1 Å². The second kappa shape index (κ2) is 10.3. The molecule has 1 fully saturated rings. The number of nitrogens with one attached hydrogen (secondary N) is 1. The average molecular weight is 520 g/mol. The van der Waals surface area contributed by atoms with Gasteiger partial charge in [0.25, 0.3) is 10.1 Å². The van der Waals surface area contributed by atoms with E-state index in [1.807, 2.05) is 0 Å². The Morgan fingerprint density at radius 2 is 1.90 bits per heavy atom. The van der Waals surface area contributed by atoms with E-state index in [0.717, 1.165) is 6.26 Å². The van der Waals surface area contributed by atoms with Crippen LogP contribution in [0.25, 0.3) is 0 Å². The van der Waals surface area contributed by atoms with Crippen molar-refractivity contribution in [3.05, 3.63) is 23.8 Å². The van der Waals surface area contributed by atoms with E-state index in [-0.39, 0.29) is 13.2 Å². The number of carbonyl (C=O) groups is 2. The minimum absolute atomic E-state index is 0.0746. The predicted molar refractivity (Wildman–Crippen MR) is 113 cm³/mol. The molecule has 1 aromatic carbocycles. The van der Waals surface area contributed by atoms with Crippen molar-refractivity contribution in [2.24, 2.45) is 0 Å². The Bertz CT molecular complexity index is 922. The van der Waals surface area contributed by atoms with Crippen molar-refractivity contribution in [1.82, 2.24) is 10.2 Å². The van der Waals surface area contributed by atoms with E-state index in [4.69, 9.17) is 53.2 Å². The molecule has 14 heteroatoms. The van der Waals surface area contributed by atoms with Gasteiger partial charge in [-0.2, -0.15) is 8.42 Å². The molecule has 1 aliphatic rings. The third kappa shape index (κ3) is 7.46. The van der Waals surface area contributed by atoms with Crippen LogP contribution >= 0.6 is 34.8 Å². The highest BCUT2D eigenvalue weighted by molar-refractivity contribution is 7.85. The van der Waals surface area contributed by atoms with Crippen LogP contribution in [0, 0.1) is 0 Å². The molecule has 1 saturated heterocycles. The Morgan fingerprint density at radius 3 is 2.45 bits per heavy atom. The molecule has 31 heavy (non-hydrogen) atoms. The fourth-order valence-corrected chi connectivity index (χ4v) is 3.37. The lowest BCUT2D eigenvalue weighted by atomic mass is 9.94. The number of carbonyl (C=O) groups excluding carboxylic acids is 2. The molecule has 0 radical (unpaired) electrons. The zero-order chi connectivity index (χ0) is 23.4. The summed E-state index contributed by atoms with van der Waals surface area (Å²) in [6.07, 6.45) is -0.127. The number of likely N-dealkylation sites (tertiary alicyclic amines) is 1. The summed E-state index contributed by atoms with van der Waals surface area (Å²) in [4.78, 5) is 26.0. The number of amides is 2. The van der Waals surface area contributed by atoms with Gasteiger partial charge >= 0.3 is 6.09 Å². The summed E-state index contributed by atoms with van der Waals surface area (Å²) in [6.45, 7) is -0.842. The molecule has 0 saturated carbocycles. The molecule has 0 unspecified atom stereocenters. The van der Waals surface area contributed by atoms with Crippen LogP contribution < -0.4 is 14.8 Å². The molecule has 0 bridgehead atoms. The largest absolute Gasteiger partial charge is 0.497 e. The second-order valence-electron chi connectivity index (χ2n) is 6.51. The summed E-state index contributed by atoms with van der Waals surface area (Å²) < 4.78 is 41.1. The Balaban J connectivity index is 2.15. The third-order valence-electron chi connectivity index (χ3n) is 4.26. The molecular weight excluding hydrogens is 499 g/mol. The zero-order valence-corrected chi connectivity index (χ0v) is 19.8. The van der Waals surface area contributed by atoms with E-state index in [1.165, 1.54) is 19.1 Å². The van der Waals surface area contributed by atoms with Gasteiger partial charge in [-0.15, -0.1) is 0 Å². The molecule has 0 aliphatic carbocycles. The minimum Gasteiger partial charge on any atom is -0.497 e. The summed E-state index contributed by atoms with van der Waals surface area (Å²) in [5.74, 6) is 0.544. The molecule has 174 valence electrons. The smallest absolute Gasteiger partial charge is 0.408 e. The fourth-order valence-electron chi connectivity index (χ4n) is 2.82. The predicted octanol–water partition coefficient (Wildman–Crippen LogP) is 1.86. The highest BCUT2D eigenvalue weighted by Gasteiger charge is 2.49. The quantitative estimate of drug-likeness (QED) is 0.298.